The number of hydrogen-bond donors (Lipinski definition) is 1. The largest absolute Gasteiger partial charge is 0.507 e. The average molecular weight is 394 g/mol. The fourth-order valence-electron chi connectivity index (χ4n) is 3.37. The van der Waals surface area contributed by atoms with Crippen LogP contribution in [0.15, 0.2) is 103 Å². The Balaban J connectivity index is 1.78. The van der Waals surface area contributed by atoms with Crippen LogP contribution in [-0.4, -0.2) is 10.9 Å². The van der Waals surface area contributed by atoms with Gasteiger partial charge in [0.1, 0.15) is 11.6 Å². The van der Waals surface area contributed by atoms with Crippen molar-refractivity contribution in [3.8, 4) is 28.0 Å². The van der Waals surface area contributed by atoms with E-state index in [-0.39, 0.29) is 17.3 Å². The van der Waals surface area contributed by atoms with E-state index in [9.17, 15) is 14.3 Å². The Kier molecular flexibility index (Phi) is 5.53. The number of ketones is 1. The molecule has 4 aromatic carbocycles. The molecule has 0 aliphatic rings. The number of benzene rings is 4. The quantitative estimate of drug-likeness (QED) is 0.300. The summed E-state index contributed by atoms with van der Waals surface area (Å²) in [6.07, 6.45) is 3.27. The molecule has 0 spiro atoms. The summed E-state index contributed by atoms with van der Waals surface area (Å²) in [6, 6.07) is 28.1. The zero-order chi connectivity index (χ0) is 20.9. The lowest BCUT2D eigenvalue weighted by Crippen LogP contribution is -1.93. The molecule has 0 aromatic heterocycles. The number of aromatic hydroxyl groups is 1. The summed E-state index contributed by atoms with van der Waals surface area (Å²) in [5, 5.41) is 10.3. The number of para-hydroxylation sites is 1. The van der Waals surface area contributed by atoms with Crippen LogP contribution < -0.4 is 0 Å². The first-order valence-electron chi connectivity index (χ1n) is 9.57. The number of carbonyl (C=O) groups is 1. The Hall–Kier alpha value is -3.98. The van der Waals surface area contributed by atoms with E-state index >= 15 is 0 Å². The number of rotatable bonds is 5. The number of phenolic OH excluding ortho intramolecular Hbond substituents is 1. The van der Waals surface area contributed by atoms with Crippen molar-refractivity contribution in [2.24, 2.45) is 0 Å². The summed E-state index contributed by atoms with van der Waals surface area (Å²) >= 11 is 0. The topological polar surface area (TPSA) is 37.3 Å². The van der Waals surface area contributed by atoms with Crippen LogP contribution in [0.5, 0.6) is 5.75 Å². The highest BCUT2D eigenvalue weighted by Gasteiger charge is 2.12. The standard InChI is InChI=1S/C27H19FO2/c28-22-10-6-9-21(18-22)25-17-19(14-16-26(29)20-7-2-1-3-8-20)13-15-23(25)24-11-4-5-12-27(24)30/h1-18,30H. The molecular formula is C27H19FO2. The lowest BCUT2D eigenvalue weighted by Gasteiger charge is -2.13. The van der Waals surface area contributed by atoms with Gasteiger partial charge in [-0.05, 0) is 52.6 Å². The summed E-state index contributed by atoms with van der Waals surface area (Å²) in [4.78, 5) is 12.4. The fourth-order valence-corrected chi connectivity index (χ4v) is 3.37. The van der Waals surface area contributed by atoms with Gasteiger partial charge in [0.25, 0.3) is 0 Å². The second-order valence-electron chi connectivity index (χ2n) is 6.90. The molecule has 0 radical (unpaired) electrons. The molecule has 30 heavy (non-hydrogen) atoms. The summed E-state index contributed by atoms with van der Waals surface area (Å²) in [5.74, 6) is -0.277. The maximum absolute atomic E-state index is 13.9. The average Bonchev–Trinajstić information content (AvgIpc) is 2.78. The molecule has 0 saturated heterocycles. The summed E-state index contributed by atoms with van der Waals surface area (Å²) < 4.78 is 13.9. The van der Waals surface area contributed by atoms with Crippen molar-refractivity contribution in [1.82, 2.24) is 0 Å². The number of halogens is 1. The third-order valence-electron chi connectivity index (χ3n) is 4.86. The Morgan fingerprint density at radius 1 is 0.733 bits per heavy atom. The predicted octanol–water partition coefficient (Wildman–Crippen LogP) is 6.76. The zero-order valence-corrected chi connectivity index (χ0v) is 16.1. The molecule has 0 saturated carbocycles. The van der Waals surface area contributed by atoms with Crippen molar-refractivity contribution in [2.45, 2.75) is 0 Å². The fraction of sp³-hybridized carbons (Fsp3) is 0. The first kappa shape index (κ1) is 19.3. The van der Waals surface area contributed by atoms with Crippen LogP contribution in [0, 0.1) is 5.82 Å². The van der Waals surface area contributed by atoms with E-state index in [1.165, 1.54) is 18.2 Å². The van der Waals surface area contributed by atoms with Crippen LogP contribution in [0.3, 0.4) is 0 Å². The normalized spacial score (nSPS) is 11.0. The Labute approximate surface area is 174 Å². The third kappa shape index (κ3) is 4.20. The lowest BCUT2D eigenvalue weighted by molar-refractivity contribution is 0.104. The van der Waals surface area contributed by atoms with E-state index in [0.29, 0.717) is 16.7 Å². The molecule has 1 N–H and O–H groups in total. The first-order chi connectivity index (χ1) is 14.6. The summed E-state index contributed by atoms with van der Waals surface area (Å²) in [7, 11) is 0. The molecule has 4 rings (SSSR count). The third-order valence-corrected chi connectivity index (χ3v) is 4.86. The molecule has 0 aliphatic heterocycles. The molecule has 2 nitrogen and oxygen atoms in total. The Bertz CT molecular complexity index is 1230. The monoisotopic (exact) mass is 394 g/mol. The molecule has 0 aliphatic carbocycles. The smallest absolute Gasteiger partial charge is 0.185 e. The van der Waals surface area contributed by atoms with Crippen molar-refractivity contribution < 1.29 is 14.3 Å². The van der Waals surface area contributed by atoms with Crippen molar-refractivity contribution in [3.63, 3.8) is 0 Å². The molecule has 0 unspecified atom stereocenters. The number of hydrogen-bond acceptors (Lipinski definition) is 2. The molecule has 3 heteroatoms. The molecule has 0 atom stereocenters. The van der Waals surface area contributed by atoms with E-state index < -0.39 is 0 Å². The first-order valence-corrected chi connectivity index (χ1v) is 9.57. The van der Waals surface area contributed by atoms with Crippen LogP contribution in [0.4, 0.5) is 4.39 Å². The highest BCUT2D eigenvalue weighted by Crippen LogP contribution is 2.37. The van der Waals surface area contributed by atoms with Gasteiger partial charge in [-0.3, -0.25) is 4.79 Å². The zero-order valence-electron chi connectivity index (χ0n) is 16.1. The molecule has 0 amide bonds. The van der Waals surface area contributed by atoms with E-state index in [1.807, 2.05) is 54.6 Å². The van der Waals surface area contributed by atoms with E-state index in [4.69, 9.17) is 0 Å². The van der Waals surface area contributed by atoms with Gasteiger partial charge >= 0.3 is 0 Å². The van der Waals surface area contributed by atoms with Gasteiger partial charge in [-0.2, -0.15) is 0 Å². The van der Waals surface area contributed by atoms with Gasteiger partial charge in [0.15, 0.2) is 5.78 Å². The molecule has 0 bridgehead atoms. The lowest BCUT2D eigenvalue weighted by atomic mass is 9.92. The Morgan fingerprint density at radius 2 is 1.50 bits per heavy atom. The number of allylic oxidation sites excluding steroid dienone is 1. The molecule has 4 aromatic rings. The molecular weight excluding hydrogens is 375 g/mol. The van der Waals surface area contributed by atoms with Crippen molar-refractivity contribution in [2.75, 3.05) is 0 Å². The van der Waals surface area contributed by atoms with Crippen molar-refractivity contribution in [1.29, 1.82) is 0 Å². The van der Waals surface area contributed by atoms with Crippen molar-refractivity contribution in [3.05, 3.63) is 120 Å². The molecule has 0 fully saturated rings. The predicted molar refractivity (Wildman–Crippen MR) is 119 cm³/mol. The molecule has 146 valence electrons. The highest BCUT2D eigenvalue weighted by molar-refractivity contribution is 6.06. The van der Waals surface area contributed by atoms with Gasteiger partial charge in [-0.1, -0.05) is 78.9 Å². The van der Waals surface area contributed by atoms with E-state index in [0.717, 1.165) is 16.7 Å². The second kappa shape index (κ2) is 8.58. The van der Waals surface area contributed by atoms with Crippen LogP contribution >= 0.6 is 0 Å². The van der Waals surface area contributed by atoms with Gasteiger partial charge in [-0.15, -0.1) is 0 Å². The number of carbonyl (C=O) groups excluding carboxylic acids is 1. The summed E-state index contributed by atoms with van der Waals surface area (Å²) in [5.41, 5.74) is 4.32. The van der Waals surface area contributed by atoms with Gasteiger partial charge in [0, 0.05) is 11.1 Å². The van der Waals surface area contributed by atoms with Crippen LogP contribution in [0.2, 0.25) is 0 Å². The van der Waals surface area contributed by atoms with Crippen LogP contribution in [0.25, 0.3) is 28.3 Å². The van der Waals surface area contributed by atoms with Crippen molar-refractivity contribution >= 4 is 11.9 Å². The summed E-state index contributed by atoms with van der Waals surface area (Å²) in [6.45, 7) is 0. The van der Waals surface area contributed by atoms with Gasteiger partial charge < -0.3 is 5.11 Å². The van der Waals surface area contributed by atoms with Gasteiger partial charge in [0.2, 0.25) is 0 Å². The van der Waals surface area contributed by atoms with Gasteiger partial charge in [0.05, 0.1) is 0 Å². The minimum Gasteiger partial charge on any atom is -0.507 e. The SMILES string of the molecule is O=C(C=Cc1ccc(-c2ccccc2O)c(-c2cccc(F)c2)c1)c1ccccc1. The molecule has 0 heterocycles. The minimum absolute atomic E-state index is 0.0901. The highest BCUT2D eigenvalue weighted by atomic mass is 19.1. The van der Waals surface area contributed by atoms with E-state index in [1.54, 1.807) is 36.4 Å². The maximum atomic E-state index is 13.9. The van der Waals surface area contributed by atoms with Crippen LogP contribution in [-0.2, 0) is 0 Å². The Morgan fingerprint density at radius 3 is 2.27 bits per heavy atom. The van der Waals surface area contributed by atoms with Crippen LogP contribution in [0.1, 0.15) is 15.9 Å². The number of phenols is 1. The van der Waals surface area contributed by atoms with E-state index in [2.05, 4.69) is 0 Å². The maximum Gasteiger partial charge on any atom is 0.185 e. The van der Waals surface area contributed by atoms with Gasteiger partial charge in [-0.25, -0.2) is 4.39 Å². The minimum atomic E-state index is -0.337. The second-order valence-corrected chi connectivity index (χ2v) is 6.90.